The maximum atomic E-state index is 11.7. The summed E-state index contributed by atoms with van der Waals surface area (Å²) in [6.07, 6.45) is 3.59. The second-order valence-electron chi connectivity index (χ2n) is 10.5. The van der Waals surface area contributed by atoms with Crippen molar-refractivity contribution in [3.8, 4) is 0 Å². The molecule has 0 heterocycles. The zero-order chi connectivity index (χ0) is 21.9. The predicted molar refractivity (Wildman–Crippen MR) is 119 cm³/mol. The largest absolute Gasteiger partial charge is 0.458 e. The number of aliphatic hydroxyl groups is 1. The number of hydrogen-bond donors (Lipinski definition) is 1. The van der Waals surface area contributed by atoms with E-state index in [4.69, 9.17) is 9.16 Å². The molecule has 1 aliphatic rings. The molecule has 2 atom stereocenters. The van der Waals surface area contributed by atoms with Crippen LogP contribution in [0.2, 0.25) is 18.1 Å². The minimum atomic E-state index is -1.81. The van der Waals surface area contributed by atoms with E-state index in [1.807, 2.05) is 6.92 Å². The highest BCUT2D eigenvalue weighted by molar-refractivity contribution is 6.74. The molecule has 162 valence electrons. The van der Waals surface area contributed by atoms with E-state index in [1.54, 1.807) is 0 Å². The Balaban J connectivity index is 2.99. The van der Waals surface area contributed by atoms with Crippen molar-refractivity contribution in [1.29, 1.82) is 0 Å². The van der Waals surface area contributed by atoms with Crippen molar-refractivity contribution in [2.24, 2.45) is 5.41 Å². The Morgan fingerprint density at radius 1 is 1.32 bits per heavy atom. The Labute approximate surface area is 173 Å². The average molecular weight is 411 g/mol. The molecule has 1 rings (SSSR count). The van der Waals surface area contributed by atoms with Crippen molar-refractivity contribution in [3.05, 3.63) is 22.8 Å². The molecule has 0 saturated carbocycles. The van der Waals surface area contributed by atoms with Crippen LogP contribution in [0.4, 0.5) is 0 Å². The van der Waals surface area contributed by atoms with Crippen LogP contribution in [-0.4, -0.2) is 38.2 Å². The van der Waals surface area contributed by atoms with E-state index in [2.05, 4.69) is 60.7 Å². The maximum absolute atomic E-state index is 11.7. The summed E-state index contributed by atoms with van der Waals surface area (Å²) in [6, 6.07) is 0. The van der Waals surface area contributed by atoms with Gasteiger partial charge in [0.25, 0.3) is 0 Å². The van der Waals surface area contributed by atoms with Crippen LogP contribution >= 0.6 is 0 Å². The number of rotatable bonds is 7. The van der Waals surface area contributed by atoms with Gasteiger partial charge in [-0.3, -0.25) is 4.79 Å². The molecule has 4 nitrogen and oxygen atoms in total. The summed E-state index contributed by atoms with van der Waals surface area (Å²) in [7, 11) is -1.81. The first-order valence-corrected chi connectivity index (χ1v) is 13.3. The van der Waals surface area contributed by atoms with Gasteiger partial charge in [-0.05, 0) is 55.8 Å². The van der Waals surface area contributed by atoms with E-state index in [0.717, 1.165) is 12.0 Å². The molecule has 1 aliphatic carbocycles. The molecule has 0 spiro atoms. The van der Waals surface area contributed by atoms with Gasteiger partial charge in [-0.25, -0.2) is 0 Å². The molecular weight excluding hydrogens is 368 g/mol. The fourth-order valence-electron chi connectivity index (χ4n) is 3.70. The summed E-state index contributed by atoms with van der Waals surface area (Å²) in [4.78, 5) is 11.7. The van der Waals surface area contributed by atoms with Crippen molar-refractivity contribution in [2.45, 2.75) is 105 Å². The fraction of sp³-hybridized carbons (Fsp3) is 0.783. The first kappa shape index (κ1) is 25.1. The van der Waals surface area contributed by atoms with Crippen molar-refractivity contribution in [1.82, 2.24) is 0 Å². The molecule has 0 amide bonds. The molecule has 0 fully saturated rings. The minimum absolute atomic E-state index is 0.0991. The normalized spacial score (nSPS) is 22.2. The summed E-state index contributed by atoms with van der Waals surface area (Å²) in [5.74, 6) is -0.269. The van der Waals surface area contributed by atoms with Gasteiger partial charge in [0, 0.05) is 13.3 Å². The summed E-state index contributed by atoms with van der Waals surface area (Å²) < 4.78 is 11.9. The molecular formula is C23H42O4Si. The van der Waals surface area contributed by atoms with Gasteiger partial charge in [0.15, 0.2) is 8.32 Å². The van der Waals surface area contributed by atoms with Gasteiger partial charge in [-0.2, -0.15) is 0 Å². The standard InChI is InChI=1S/C23H42O4Si/c1-16(11-12-26-28(9,10)22(4,5)6)21(27-18(3)24)14-20-17(2)13-19(25)15-23(20,7)8/h11,19,21,25H,12-15H2,1-10H3/b16-11+/t19-,21?/m0/s1. The molecule has 0 aliphatic heterocycles. The molecule has 0 saturated heterocycles. The number of carbonyl (C=O) groups is 1. The second kappa shape index (κ2) is 9.27. The summed E-state index contributed by atoms with van der Waals surface area (Å²) in [6.45, 7) is 21.6. The zero-order valence-electron chi connectivity index (χ0n) is 19.7. The minimum Gasteiger partial charge on any atom is -0.458 e. The quantitative estimate of drug-likeness (QED) is 0.329. The second-order valence-corrected chi connectivity index (χ2v) is 15.3. The van der Waals surface area contributed by atoms with E-state index in [-0.39, 0.29) is 28.6 Å². The fourth-order valence-corrected chi connectivity index (χ4v) is 4.63. The third kappa shape index (κ3) is 6.85. The average Bonchev–Trinajstić information content (AvgIpc) is 2.47. The molecule has 5 heteroatoms. The number of hydrogen-bond acceptors (Lipinski definition) is 4. The first-order chi connectivity index (χ1) is 12.6. The molecule has 0 aromatic heterocycles. The van der Waals surface area contributed by atoms with Gasteiger partial charge >= 0.3 is 5.97 Å². The van der Waals surface area contributed by atoms with Crippen LogP contribution in [0.15, 0.2) is 22.8 Å². The van der Waals surface area contributed by atoms with Crippen LogP contribution in [0.3, 0.4) is 0 Å². The highest BCUT2D eigenvalue weighted by Crippen LogP contribution is 2.43. The highest BCUT2D eigenvalue weighted by atomic mass is 28.4. The van der Waals surface area contributed by atoms with Gasteiger partial charge in [-0.15, -0.1) is 0 Å². The van der Waals surface area contributed by atoms with Crippen molar-refractivity contribution < 1.29 is 19.1 Å². The third-order valence-electron chi connectivity index (χ3n) is 6.48. The lowest BCUT2D eigenvalue weighted by molar-refractivity contribution is -0.144. The summed E-state index contributed by atoms with van der Waals surface area (Å²) >= 11 is 0. The van der Waals surface area contributed by atoms with Crippen LogP contribution in [0.5, 0.6) is 0 Å². The molecule has 1 unspecified atom stereocenters. The van der Waals surface area contributed by atoms with Gasteiger partial charge < -0.3 is 14.3 Å². The summed E-state index contributed by atoms with van der Waals surface area (Å²) in [5, 5.41) is 10.3. The van der Waals surface area contributed by atoms with Gasteiger partial charge in [-0.1, -0.05) is 51.8 Å². The topological polar surface area (TPSA) is 55.8 Å². The van der Waals surface area contributed by atoms with Gasteiger partial charge in [0.1, 0.15) is 6.10 Å². The monoisotopic (exact) mass is 410 g/mol. The molecule has 28 heavy (non-hydrogen) atoms. The van der Waals surface area contributed by atoms with Crippen molar-refractivity contribution in [2.75, 3.05) is 6.61 Å². The van der Waals surface area contributed by atoms with E-state index < -0.39 is 8.32 Å². The van der Waals surface area contributed by atoms with Gasteiger partial charge in [0.05, 0.1) is 12.7 Å². The number of carbonyl (C=O) groups excluding carboxylic acids is 1. The van der Waals surface area contributed by atoms with Crippen LogP contribution in [0, 0.1) is 5.41 Å². The van der Waals surface area contributed by atoms with Crippen LogP contribution in [0.25, 0.3) is 0 Å². The summed E-state index contributed by atoms with van der Waals surface area (Å²) in [5.41, 5.74) is 3.43. The van der Waals surface area contributed by atoms with Crippen molar-refractivity contribution in [3.63, 3.8) is 0 Å². The number of aliphatic hydroxyl groups excluding tert-OH is 1. The Kier molecular flexibility index (Phi) is 8.32. The molecule has 1 N–H and O–H groups in total. The van der Waals surface area contributed by atoms with E-state index in [0.29, 0.717) is 19.4 Å². The predicted octanol–water partition coefficient (Wildman–Crippen LogP) is 5.77. The SMILES string of the molecule is CC(=O)OC(CC1=C(C)C[C@H](O)CC1(C)C)/C(C)=C/CO[Si](C)(C)C(C)(C)C. The lowest BCUT2D eigenvalue weighted by Gasteiger charge is -2.38. The Bertz CT molecular complexity index is 623. The Hall–Kier alpha value is -0.913. The molecule has 0 aromatic rings. The first-order valence-electron chi connectivity index (χ1n) is 10.4. The number of esters is 1. The Morgan fingerprint density at radius 2 is 1.89 bits per heavy atom. The zero-order valence-corrected chi connectivity index (χ0v) is 20.7. The van der Waals surface area contributed by atoms with Crippen LogP contribution in [-0.2, 0) is 14.0 Å². The van der Waals surface area contributed by atoms with Crippen molar-refractivity contribution >= 4 is 14.3 Å². The van der Waals surface area contributed by atoms with Crippen LogP contribution < -0.4 is 0 Å². The number of ether oxygens (including phenoxy) is 1. The highest BCUT2D eigenvalue weighted by Gasteiger charge is 2.37. The van der Waals surface area contributed by atoms with Crippen LogP contribution in [0.1, 0.15) is 74.7 Å². The molecule has 0 bridgehead atoms. The third-order valence-corrected chi connectivity index (χ3v) is 11.0. The molecule has 0 radical (unpaired) electrons. The smallest absolute Gasteiger partial charge is 0.303 e. The van der Waals surface area contributed by atoms with E-state index in [9.17, 15) is 9.90 Å². The lowest BCUT2D eigenvalue weighted by atomic mass is 9.69. The Morgan fingerprint density at radius 3 is 2.36 bits per heavy atom. The molecule has 0 aromatic carbocycles. The lowest BCUT2D eigenvalue weighted by Crippen LogP contribution is -2.40. The van der Waals surface area contributed by atoms with E-state index >= 15 is 0 Å². The van der Waals surface area contributed by atoms with Gasteiger partial charge in [0.2, 0.25) is 0 Å². The van der Waals surface area contributed by atoms with E-state index in [1.165, 1.54) is 18.1 Å². The maximum Gasteiger partial charge on any atom is 0.303 e.